The molecular formula is C10H11F4N. The summed E-state index contributed by atoms with van der Waals surface area (Å²) in [6.07, 6.45) is -7.18. The van der Waals surface area contributed by atoms with Crippen LogP contribution in [0.4, 0.5) is 17.6 Å². The molecule has 1 atom stereocenters. The molecule has 0 amide bonds. The molecule has 1 aromatic carbocycles. The van der Waals surface area contributed by atoms with E-state index in [9.17, 15) is 17.6 Å². The highest BCUT2D eigenvalue weighted by Gasteiger charge is 2.41. The van der Waals surface area contributed by atoms with E-state index in [-0.39, 0.29) is 5.56 Å². The second-order valence-corrected chi connectivity index (χ2v) is 3.18. The fraction of sp³-hybridized carbons (Fsp3) is 0.400. The molecule has 0 aliphatic carbocycles. The van der Waals surface area contributed by atoms with Crippen molar-refractivity contribution in [2.45, 2.75) is 18.8 Å². The van der Waals surface area contributed by atoms with Gasteiger partial charge >= 0.3 is 6.18 Å². The first-order valence-electron chi connectivity index (χ1n) is 4.45. The summed E-state index contributed by atoms with van der Waals surface area (Å²) in [5, 5.41) is 0. The van der Waals surface area contributed by atoms with Gasteiger partial charge in [0.05, 0.1) is 0 Å². The standard InChI is InChI=1S/C10H11F4N/c11-9(10(12,13)14)8-3-1-7(2-4-8)5-6-15/h1-4,9H,5-6,15H2. The third kappa shape index (κ3) is 3.20. The molecule has 1 unspecified atom stereocenters. The number of alkyl halides is 4. The van der Waals surface area contributed by atoms with Gasteiger partial charge in [-0.1, -0.05) is 24.3 Å². The van der Waals surface area contributed by atoms with E-state index >= 15 is 0 Å². The molecule has 0 radical (unpaired) electrons. The zero-order chi connectivity index (χ0) is 11.5. The van der Waals surface area contributed by atoms with Gasteiger partial charge in [-0.2, -0.15) is 13.2 Å². The molecule has 0 heterocycles. The molecule has 0 aliphatic rings. The van der Waals surface area contributed by atoms with Crippen molar-refractivity contribution < 1.29 is 17.6 Å². The summed E-state index contributed by atoms with van der Waals surface area (Å²) >= 11 is 0. The van der Waals surface area contributed by atoms with Gasteiger partial charge in [0.25, 0.3) is 0 Å². The van der Waals surface area contributed by atoms with Gasteiger partial charge < -0.3 is 5.73 Å². The number of hydrogen-bond acceptors (Lipinski definition) is 1. The van der Waals surface area contributed by atoms with Crippen molar-refractivity contribution in [3.8, 4) is 0 Å². The van der Waals surface area contributed by atoms with E-state index in [1.807, 2.05) is 0 Å². The summed E-state index contributed by atoms with van der Waals surface area (Å²) in [5.41, 5.74) is 5.70. The molecule has 0 aliphatic heterocycles. The Kier molecular flexibility index (Phi) is 3.68. The van der Waals surface area contributed by atoms with Gasteiger partial charge in [0.2, 0.25) is 6.17 Å². The molecule has 0 spiro atoms. The summed E-state index contributed by atoms with van der Waals surface area (Å²) < 4.78 is 48.8. The van der Waals surface area contributed by atoms with Gasteiger partial charge in [-0.15, -0.1) is 0 Å². The zero-order valence-corrected chi connectivity index (χ0v) is 7.89. The molecule has 15 heavy (non-hydrogen) atoms. The highest BCUT2D eigenvalue weighted by molar-refractivity contribution is 5.25. The fourth-order valence-corrected chi connectivity index (χ4v) is 1.21. The maximum atomic E-state index is 12.8. The first-order valence-corrected chi connectivity index (χ1v) is 4.45. The summed E-state index contributed by atoms with van der Waals surface area (Å²) in [5.74, 6) is 0. The van der Waals surface area contributed by atoms with Gasteiger partial charge in [0.15, 0.2) is 0 Å². The van der Waals surface area contributed by atoms with Crippen molar-refractivity contribution in [1.82, 2.24) is 0 Å². The third-order valence-electron chi connectivity index (χ3n) is 1.99. The number of hydrogen-bond donors (Lipinski definition) is 1. The second kappa shape index (κ2) is 4.61. The van der Waals surface area contributed by atoms with Crippen LogP contribution in [0.2, 0.25) is 0 Å². The van der Waals surface area contributed by atoms with E-state index in [0.29, 0.717) is 13.0 Å². The van der Waals surface area contributed by atoms with Crippen LogP contribution < -0.4 is 5.73 Å². The average Bonchev–Trinajstić information content (AvgIpc) is 2.17. The largest absolute Gasteiger partial charge is 0.423 e. The summed E-state index contributed by atoms with van der Waals surface area (Å²) in [7, 11) is 0. The Balaban J connectivity index is 2.80. The Bertz CT molecular complexity index is 304. The van der Waals surface area contributed by atoms with Crippen molar-refractivity contribution >= 4 is 0 Å². The molecule has 0 saturated carbocycles. The predicted octanol–water partition coefficient (Wildman–Crippen LogP) is 2.76. The third-order valence-corrected chi connectivity index (χ3v) is 1.99. The van der Waals surface area contributed by atoms with Crippen molar-refractivity contribution in [2.24, 2.45) is 5.73 Å². The van der Waals surface area contributed by atoms with E-state index in [2.05, 4.69) is 0 Å². The quantitative estimate of drug-likeness (QED) is 0.780. The van der Waals surface area contributed by atoms with E-state index in [0.717, 1.165) is 17.7 Å². The van der Waals surface area contributed by atoms with Crippen LogP contribution in [0.1, 0.15) is 17.3 Å². The van der Waals surface area contributed by atoms with Crippen LogP contribution in [-0.2, 0) is 6.42 Å². The molecule has 0 saturated heterocycles. The second-order valence-electron chi connectivity index (χ2n) is 3.18. The van der Waals surface area contributed by atoms with E-state index < -0.39 is 12.3 Å². The van der Waals surface area contributed by atoms with Gasteiger partial charge in [0, 0.05) is 0 Å². The monoisotopic (exact) mass is 221 g/mol. The lowest BCUT2D eigenvalue weighted by Crippen LogP contribution is -2.16. The molecule has 5 heteroatoms. The number of benzene rings is 1. The normalized spacial score (nSPS) is 13.9. The fourth-order valence-electron chi connectivity index (χ4n) is 1.21. The van der Waals surface area contributed by atoms with E-state index in [1.165, 1.54) is 12.1 Å². The Morgan fingerprint density at radius 3 is 2.07 bits per heavy atom. The number of nitrogens with two attached hydrogens (primary N) is 1. The van der Waals surface area contributed by atoms with Gasteiger partial charge in [-0.3, -0.25) is 0 Å². The highest BCUT2D eigenvalue weighted by Crippen LogP contribution is 2.35. The lowest BCUT2D eigenvalue weighted by Gasteiger charge is -2.12. The van der Waals surface area contributed by atoms with Crippen LogP contribution in [0.3, 0.4) is 0 Å². The first-order chi connectivity index (χ1) is 6.95. The Morgan fingerprint density at radius 1 is 1.13 bits per heavy atom. The van der Waals surface area contributed by atoms with Crippen LogP contribution >= 0.6 is 0 Å². The topological polar surface area (TPSA) is 26.0 Å². The Labute approximate surface area is 84.9 Å². The van der Waals surface area contributed by atoms with Crippen LogP contribution in [0.15, 0.2) is 24.3 Å². The molecule has 0 bridgehead atoms. The maximum Gasteiger partial charge on any atom is 0.423 e. The van der Waals surface area contributed by atoms with Crippen molar-refractivity contribution in [3.63, 3.8) is 0 Å². The highest BCUT2D eigenvalue weighted by atomic mass is 19.4. The maximum absolute atomic E-state index is 12.8. The smallest absolute Gasteiger partial charge is 0.330 e. The molecule has 0 aromatic heterocycles. The minimum atomic E-state index is -4.84. The van der Waals surface area contributed by atoms with Crippen molar-refractivity contribution in [1.29, 1.82) is 0 Å². The molecule has 84 valence electrons. The summed E-state index contributed by atoms with van der Waals surface area (Å²) in [6, 6.07) is 5.20. The zero-order valence-electron chi connectivity index (χ0n) is 7.89. The van der Waals surface area contributed by atoms with Gasteiger partial charge in [-0.25, -0.2) is 4.39 Å². The summed E-state index contributed by atoms with van der Waals surface area (Å²) in [6.45, 7) is 0.414. The van der Waals surface area contributed by atoms with Crippen LogP contribution in [-0.4, -0.2) is 12.7 Å². The van der Waals surface area contributed by atoms with Crippen LogP contribution in [0.5, 0.6) is 0 Å². The minimum Gasteiger partial charge on any atom is -0.330 e. The van der Waals surface area contributed by atoms with Crippen molar-refractivity contribution in [2.75, 3.05) is 6.54 Å². The molecule has 2 N–H and O–H groups in total. The summed E-state index contributed by atoms with van der Waals surface area (Å²) in [4.78, 5) is 0. The lowest BCUT2D eigenvalue weighted by molar-refractivity contribution is -0.182. The minimum absolute atomic E-state index is 0.372. The average molecular weight is 221 g/mol. The number of halogens is 4. The molecular weight excluding hydrogens is 210 g/mol. The van der Waals surface area contributed by atoms with Crippen molar-refractivity contribution in [3.05, 3.63) is 35.4 Å². The Morgan fingerprint density at radius 2 is 1.67 bits per heavy atom. The SMILES string of the molecule is NCCc1ccc(C(F)C(F)(F)F)cc1. The van der Waals surface area contributed by atoms with Crippen LogP contribution in [0, 0.1) is 0 Å². The molecule has 1 aromatic rings. The lowest BCUT2D eigenvalue weighted by atomic mass is 10.1. The molecule has 1 nitrogen and oxygen atoms in total. The molecule has 1 rings (SSSR count). The first kappa shape index (κ1) is 12.0. The van der Waals surface area contributed by atoms with Gasteiger partial charge in [-0.05, 0) is 24.1 Å². The predicted molar refractivity (Wildman–Crippen MR) is 49.1 cm³/mol. The molecule has 0 fully saturated rings. The Hall–Kier alpha value is -1.10. The van der Waals surface area contributed by atoms with Gasteiger partial charge in [0.1, 0.15) is 0 Å². The number of rotatable bonds is 3. The van der Waals surface area contributed by atoms with Crippen LogP contribution in [0.25, 0.3) is 0 Å². The van der Waals surface area contributed by atoms with E-state index in [1.54, 1.807) is 0 Å². The van der Waals surface area contributed by atoms with E-state index in [4.69, 9.17) is 5.73 Å².